The van der Waals surface area contributed by atoms with Crippen LogP contribution in [0.1, 0.15) is 25.8 Å². The lowest BCUT2D eigenvalue weighted by atomic mass is 10.1. The molecule has 0 fully saturated rings. The molecule has 0 aliphatic heterocycles. The fourth-order valence-electron chi connectivity index (χ4n) is 1.90. The van der Waals surface area contributed by atoms with Crippen molar-refractivity contribution in [2.24, 2.45) is 11.7 Å². The van der Waals surface area contributed by atoms with Gasteiger partial charge in [-0.25, -0.2) is 17.5 Å². The molecule has 0 bridgehead atoms. The summed E-state index contributed by atoms with van der Waals surface area (Å²) in [6.45, 7) is 4.26. The van der Waals surface area contributed by atoms with Crippen LogP contribution in [0.4, 0.5) is 4.39 Å². The van der Waals surface area contributed by atoms with Gasteiger partial charge < -0.3 is 5.73 Å². The van der Waals surface area contributed by atoms with Crippen molar-refractivity contribution in [1.29, 1.82) is 0 Å². The van der Waals surface area contributed by atoms with Crippen molar-refractivity contribution < 1.29 is 12.8 Å². The van der Waals surface area contributed by atoms with Crippen LogP contribution in [0.15, 0.2) is 24.3 Å². The van der Waals surface area contributed by atoms with E-state index in [0.29, 0.717) is 17.9 Å². The van der Waals surface area contributed by atoms with Gasteiger partial charge in [0.1, 0.15) is 5.82 Å². The summed E-state index contributed by atoms with van der Waals surface area (Å²) in [6.07, 6.45) is 0.679. The third-order valence-corrected chi connectivity index (χ3v) is 4.04. The summed E-state index contributed by atoms with van der Waals surface area (Å²) in [4.78, 5) is 0. The number of sulfonamides is 1. The van der Waals surface area contributed by atoms with Gasteiger partial charge in [-0.05, 0) is 30.0 Å². The second-order valence-corrected chi connectivity index (χ2v) is 6.82. The molecule has 0 saturated carbocycles. The van der Waals surface area contributed by atoms with Crippen molar-refractivity contribution in [2.75, 3.05) is 6.54 Å². The van der Waals surface area contributed by atoms with E-state index in [9.17, 15) is 12.8 Å². The Bertz CT molecular complexity index is 509. The van der Waals surface area contributed by atoms with Gasteiger partial charge >= 0.3 is 0 Å². The molecule has 0 radical (unpaired) electrons. The lowest BCUT2D eigenvalue weighted by Gasteiger charge is -2.18. The number of halogens is 2. The van der Waals surface area contributed by atoms with Gasteiger partial charge in [0.15, 0.2) is 0 Å². The zero-order valence-electron chi connectivity index (χ0n) is 11.7. The quantitative estimate of drug-likeness (QED) is 0.806. The summed E-state index contributed by atoms with van der Waals surface area (Å²) in [6, 6.07) is 5.31. The summed E-state index contributed by atoms with van der Waals surface area (Å²) >= 11 is 0. The van der Waals surface area contributed by atoms with Crippen LogP contribution in [0.3, 0.4) is 0 Å². The predicted molar refractivity (Wildman–Crippen MR) is 81.7 cm³/mol. The Balaban J connectivity index is 0.00000361. The van der Waals surface area contributed by atoms with Crippen molar-refractivity contribution in [1.82, 2.24) is 4.72 Å². The Hall–Kier alpha value is -0.690. The molecular weight excluding hydrogens is 303 g/mol. The number of benzene rings is 1. The maximum atomic E-state index is 13.0. The zero-order valence-corrected chi connectivity index (χ0v) is 13.3. The molecule has 1 aromatic carbocycles. The van der Waals surface area contributed by atoms with E-state index in [1.165, 1.54) is 18.2 Å². The average molecular weight is 325 g/mol. The van der Waals surface area contributed by atoms with E-state index >= 15 is 0 Å². The molecule has 4 nitrogen and oxygen atoms in total. The van der Waals surface area contributed by atoms with E-state index in [-0.39, 0.29) is 30.7 Å². The van der Waals surface area contributed by atoms with Gasteiger partial charge in [0.05, 0.1) is 5.75 Å². The first-order valence-electron chi connectivity index (χ1n) is 6.27. The highest BCUT2D eigenvalue weighted by Crippen LogP contribution is 2.10. The fraction of sp³-hybridized carbons (Fsp3) is 0.538. The molecular formula is C13H22ClFN2O2S. The second kappa shape index (κ2) is 8.56. The molecule has 7 heteroatoms. The molecule has 1 unspecified atom stereocenters. The smallest absolute Gasteiger partial charge is 0.216 e. The normalized spacial score (nSPS) is 13.1. The van der Waals surface area contributed by atoms with E-state index in [1.54, 1.807) is 6.07 Å². The minimum atomic E-state index is -3.50. The summed E-state index contributed by atoms with van der Waals surface area (Å²) in [7, 11) is -3.50. The third kappa shape index (κ3) is 7.19. The zero-order chi connectivity index (χ0) is 14.5. The molecule has 20 heavy (non-hydrogen) atoms. The standard InChI is InChI=1S/C13H21FN2O2S.ClH/c1-10(2)6-13(8-15)16-19(17,18)9-11-4-3-5-12(14)7-11;/h3-5,7,10,13,16H,6,8-9,15H2,1-2H3;1H. The first-order valence-corrected chi connectivity index (χ1v) is 7.92. The maximum absolute atomic E-state index is 13.0. The van der Waals surface area contributed by atoms with Crippen molar-refractivity contribution in [3.8, 4) is 0 Å². The van der Waals surface area contributed by atoms with E-state index in [1.807, 2.05) is 13.8 Å². The molecule has 0 amide bonds. The second-order valence-electron chi connectivity index (χ2n) is 5.07. The summed E-state index contributed by atoms with van der Waals surface area (Å²) in [5.74, 6) is -0.324. The molecule has 0 spiro atoms. The lowest BCUT2D eigenvalue weighted by Crippen LogP contribution is -2.41. The van der Waals surface area contributed by atoms with Crippen molar-refractivity contribution in [3.63, 3.8) is 0 Å². The molecule has 3 N–H and O–H groups in total. The molecule has 1 aromatic rings. The number of rotatable bonds is 7. The first kappa shape index (κ1) is 19.3. The van der Waals surface area contributed by atoms with Crippen LogP contribution in [0.2, 0.25) is 0 Å². The Morgan fingerprint density at radius 1 is 1.35 bits per heavy atom. The number of nitrogens with two attached hydrogens (primary N) is 1. The van der Waals surface area contributed by atoms with Gasteiger partial charge in [0.25, 0.3) is 0 Å². The number of nitrogens with one attached hydrogen (secondary N) is 1. The highest BCUT2D eigenvalue weighted by atomic mass is 35.5. The number of hydrogen-bond donors (Lipinski definition) is 2. The molecule has 0 saturated heterocycles. The molecule has 0 aliphatic rings. The Kier molecular flexibility index (Phi) is 8.27. The van der Waals surface area contributed by atoms with Crippen LogP contribution in [0.25, 0.3) is 0 Å². The average Bonchev–Trinajstić information content (AvgIpc) is 2.26. The van der Waals surface area contributed by atoms with Gasteiger partial charge in [-0.15, -0.1) is 12.4 Å². The fourth-order valence-corrected chi connectivity index (χ4v) is 3.31. The van der Waals surface area contributed by atoms with E-state index in [0.717, 1.165) is 0 Å². The maximum Gasteiger partial charge on any atom is 0.216 e. The molecule has 0 aliphatic carbocycles. The lowest BCUT2D eigenvalue weighted by molar-refractivity contribution is 0.465. The molecule has 0 heterocycles. The van der Waals surface area contributed by atoms with Crippen LogP contribution in [0, 0.1) is 11.7 Å². The number of hydrogen-bond acceptors (Lipinski definition) is 3. The van der Waals surface area contributed by atoms with Gasteiger partial charge in [0, 0.05) is 12.6 Å². The SMILES string of the molecule is CC(C)CC(CN)NS(=O)(=O)Cc1cccc(F)c1.Cl. The van der Waals surface area contributed by atoms with Crippen LogP contribution in [0.5, 0.6) is 0 Å². The van der Waals surface area contributed by atoms with E-state index in [2.05, 4.69) is 4.72 Å². The van der Waals surface area contributed by atoms with E-state index in [4.69, 9.17) is 5.73 Å². The van der Waals surface area contributed by atoms with Gasteiger partial charge in [-0.1, -0.05) is 26.0 Å². The molecule has 1 rings (SSSR count). The largest absolute Gasteiger partial charge is 0.329 e. The topological polar surface area (TPSA) is 72.2 Å². The van der Waals surface area contributed by atoms with Crippen LogP contribution < -0.4 is 10.5 Å². The Labute approximate surface area is 126 Å². The molecule has 0 aromatic heterocycles. The molecule has 1 atom stereocenters. The highest BCUT2D eigenvalue weighted by molar-refractivity contribution is 7.88. The minimum absolute atomic E-state index is 0. The Morgan fingerprint density at radius 2 is 2.00 bits per heavy atom. The van der Waals surface area contributed by atoms with Crippen LogP contribution >= 0.6 is 12.4 Å². The van der Waals surface area contributed by atoms with Crippen LogP contribution in [-0.4, -0.2) is 21.0 Å². The monoisotopic (exact) mass is 324 g/mol. The Morgan fingerprint density at radius 3 is 2.50 bits per heavy atom. The molecule has 116 valence electrons. The van der Waals surface area contributed by atoms with Crippen molar-refractivity contribution >= 4 is 22.4 Å². The van der Waals surface area contributed by atoms with Crippen molar-refractivity contribution in [2.45, 2.75) is 32.1 Å². The third-order valence-electron chi connectivity index (χ3n) is 2.63. The van der Waals surface area contributed by atoms with Gasteiger partial charge in [-0.3, -0.25) is 0 Å². The summed E-state index contributed by atoms with van der Waals surface area (Å²) < 4.78 is 39.5. The highest BCUT2D eigenvalue weighted by Gasteiger charge is 2.18. The summed E-state index contributed by atoms with van der Waals surface area (Å²) in [5.41, 5.74) is 5.98. The first-order chi connectivity index (χ1) is 8.82. The van der Waals surface area contributed by atoms with Crippen LogP contribution in [-0.2, 0) is 15.8 Å². The van der Waals surface area contributed by atoms with Crippen molar-refractivity contribution in [3.05, 3.63) is 35.6 Å². The summed E-state index contributed by atoms with van der Waals surface area (Å²) in [5, 5.41) is 0. The van der Waals surface area contributed by atoms with E-state index < -0.39 is 15.8 Å². The predicted octanol–water partition coefficient (Wildman–Crippen LogP) is 2.04. The van der Waals surface area contributed by atoms with Gasteiger partial charge in [-0.2, -0.15) is 0 Å². The minimum Gasteiger partial charge on any atom is -0.329 e. The van der Waals surface area contributed by atoms with Gasteiger partial charge in [0.2, 0.25) is 10.0 Å².